The van der Waals surface area contributed by atoms with Crippen LogP contribution in [0.25, 0.3) is 33.4 Å². The number of carbonyl (C=O) groups excluding carboxylic acids is 3. The molecule has 0 aromatic heterocycles. The Bertz CT molecular complexity index is 2110. The van der Waals surface area contributed by atoms with E-state index in [4.69, 9.17) is 13.9 Å². The summed E-state index contributed by atoms with van der Waals surface area (Å²) in [6.45, 7) is 7.66. The summed E-state index contributed by atoms with van der Waals surface area (Å²) in [5.74, 6) is 0.469. The first-order chi connectivity index (χ1) is 30.6. The van der Waals surface area contributed by atoms with Gasteiger partial charge in [0.15, 0.2) is 5.43 Å². The fourth-order valence-corrected chi connectivity index (χ4v) is 9.20. The van der Waals surface area contributed by atoms with E-state index < -0.39 is 5.97 Å². The van der Waals surface area contributed by atoms with Gasteiger partial charge >= 0.3 is 12.0 Å². The molecule has 2 aromatic carbocycles. The lowest BCUT2D eigenvalue weighted by Crippen LogP contribution is -2.36. The van der Waals surface area contributed by atoms with Crippen LogP contribution in [0.2, 0.25) is 0 Å². The van der Waals surface area contributed by atoms with Gasteiger partial charge in [0, 0.05) is 92.5 Å². The molecule has 2 fully saturated rings. The molecule has 2 aromatic rings. The number of hydrogen-bond acceptors (Lipinski definition) is 11. The van der Waals surface area contributed by atoms with Crippen LogP contribution in [0.15, 0.2) is 69.9 Å². The van der Waals surface area contributed by atoms with Crippen LogP contribution in [-0.2, 0) is 19.1 Å². The van der Waals surface area contributed by atoms with E-state index in [0.717, 1.165) is 83.4 Å². The smallest absolute Gasteiger partial charge is 0.336 e. The highest BCUT2D eigenvalue weighted by Gasteiger charge is 2.42. The maximum absolute atomic E-state index is 11.9. The van der Waals surface area contributed by atoms with E-state index in [1.54, 1.807) is 30.3 Å². The highest BCUT2D eigenvalue weighted by molar-refractivity contribution is 8.00. The molecule has 4 aliphatic rings. The normalized spacial score (nSPS) is 16.5. The molecule has 15 nitrogen and oxygen atoms in total. The average Bonchev–Trinajstić information content (AvgIpc) is 3.82. The third kappa shape index (κ3) is 16.2. The predicted octanol–water partition coefficient (Wildman–Crippen LogP) is 6.29. The lowest BCUT2D eigenvalue weighted by molar-refractivity contribution is -0.121. The molecule has 0 saturated carbocycles. The zero-order chi connectivity index (χ0) is 44.8. The topological polar surface area (TPSA) is 218 Å². The summed E-state index contributed by atoms with van der Waals surface area (Å²) in [6.07, 6.45) is 10.8. The molecule has 0 radical (unpaired) electrons. The maximum atomic E-state index is 11.9. The Kier molecular flexibility index (Phi) is 20.5. The lowest BCUT2D eigenvalue weighted by atomic mass is 9.91. The summed E-state index contributed by atoms with van der Waals surface area (Å²) >= 11 is 1.98. The quantitative estimate of drug-likeness (QED) is 0.0211. The number of aromatic hydroxyl groups is 1. The van der Waals surface area contributed by atoms with Crippen LogP contribution in [0.5, 0.6) is 5.75 Å². The Balaban J connectivity index is 0.000000256. The molecule has 7 N–H and O–H groups in total. The van der Waals surface area contributed by atoms with Gasteiger partial charge in [0.25, 0.3) is 0 Å². The summed E-state index contributed by atoms with van der Waals surface area (Å²) in [4.78, 5) is 57.5. The number of unbranched alkanes of at least 4 members (excludes halogenated alkanes) is 4. The molecule has 16 heteroatoms. The number of ether oxygens (including phenoxy) is 2. The Morgan fingerprint density at radius 3 is 2.24 bits per heavy atom. The van der Waals surface area contributed by atoms with Crippen LogP contribution in [0.1, 0.15) is 87.9 Å². The largest absolute Gasteiger partial charge is 0.508 e. The second-order valence-electron chi connectivity index (χ2n) is 15.8. The number of phenolic OH excluding ortho intramolecular Hbond substituents is 1. The van der Waals surface area contributed by atoms with Crippen LogP contribution in [0.3, 0.4) is 0 Å². The molecule has 2 saturated heterocycles. The van der Waals surface area contributed by atoms with Crippen molar-refractivity contribution in [2.45, 2.75) is 94.9 Å². The van der Waals surface area contributed by atoms with Gasteiger partial charge in [-0.2, -0.15) is 11.8 Å². The second-order valence-corrected chi connectivity index (χ2v) is 17.1. The van der Waals surface area contributed by atoms with Crippen molar-refractivity contribution in [3.63, 3.8) is 0 Å². The first kappa shape index (κ1) is 48.9. The van der Waals surface area contributed by atoms with E-state index in [2.05, 4.69) is 26.6 Å². The molecule has 4 amide bonds. The molecule has 3 aliphatic heterocycles. The Labute approximate surface area is 373 Å². The third-order valence-electron chi connectivity index (χ3n) is 10.8. The molecular weight excluding hydrogens is 827 g/mol. The first-order valence-electron chi connectivity index (χ1n) is 22.2. The van der Waals surface area contributed by atoms with Gasteiger partial charge in [0.05, 0.1) is 17.6 Å². The number of rotatable bonds is 26. The van der Waals surface area contributed by atoms with Gasteiger partial charge in [-0.1, -0.05) is 31.0 Å². The van der Waals surface area contributed by atoms with Crippen molar-refractivity contribution in [3.8, 4) is 28.2 Å². The standard InChI is InChI=1S/C27H51N5O5S.C20H12O5/c1-22(33)29-15-9-19-36-17-7-8-18-37-20-10-16-30-25(34)12-3-2-5-13-28-14-6-4-11-24-26-23(21-38-24)31-27(35)32-26;21-11-5-7-15-17(9-11)25-18-10-12(22)6-8-16(18)19(15)13-3-1-2-4-14(13)20(23)24/h23-24,26,28H,2-21H2,1H3,(H,29,33)(H,30,34)(H2,31,32,35);1-10,21H,(H,23,24). The van der Waals surface area contributed by atoms with Gasteiger partial charge in [-0.3, -0.25) is 14.4 Å². The lowest BCUT2D eigenvalue weighted by Gasteiger charge is -2.16. The molecule has 342 valence electrons. The molecule has 3 unspecified atom stereocenters. The van der Waals surface area contributed by atoms with Crippen molar-refractivity contribution in [1.82, 2.24) is 26.6 Å². The third-order valence-corrected chi connectivity index (χ3v) is 12.4. The molecule has 3 heterocycles. The zero-order valence-corrected chi connectivity index (χ0v) is 37.0. The van der Waals surface area contributed by atoms with Crippen LogP contribution in [0.4, 0.5) is 4.79 Å². The molecule has 3 atom stereocenters. The number of hydrogen-bond donors (Lipinski definition) is 7. The predicted molar refractivity (Wildman–Crippen MR) is 246 cm³/mol. The van der Waals surface area contributed by atoms with E-state index in [0.29, 0.717) is 83.5 Å². The second kappa shape index (κ2) is 26.5. The van der Waals surface area contributed by atoms with Crippen LogP contribution >= 0.6 is 11.8 Å². The minimum Gasteiger partial charge on any atom is -0.508 e. The molecule has 6 rings (SSSR count). The highest BCUT2D eigenvalue weighted by Crippen LogP contribution is 2.41. The summed E-state index contributed by atoms with van der Waals surface area (Å²) in [6, 6.07) is 16.3. The van der Waals surface area contributed by atoms with Crippen molar-refractivity contribution < 1.29 is 43.3 Å². The summed E-state index contributed by atoms with van der Waals surface area (Å²) in [7, 11) is 0. The number of phenols is 1. The first-order valence-corrected chi connectivity index (χ1v) is 23.2. The van der Waals surface area contributed by atoms with Crippen molar-refractivity contribution in [3.05, 3.63) is 76.5 Å². The number of thioether (sulfide) groups is 1. The summed E-state index contributed by atoms with van der Waals surface area (Å²) in [5.41, 5.74) is 2.10. The Hall–Kier alpha value is -5.16. The van der Waals surface area contributed by atoms with Crippen molar-refractivity contribution in [2.75, 3.05) is 58.4 Å². The number of aromatic carboxylic acids is 1. The van der Waals surface area contributed by atoms with Gasteiger partial charge in [-0.05, 0) is 100 Å². The Morgan fingerprint density at radius 2 is 1.49 bits per heavy atom. The number of amides is 4. The number of nitrogens with one attached hydrogen (secondary N) is 5. The van der Waals surface area contributed by atoms with E-state index in [1.807, 2.05) is 11.8 Å². The SMILES string of the molecule is CC(=O)NCCCOCCCCOCCCNC(=O)CCCCCNCCCCC1SCC2NC(=O)NC21.O=C(O)c1ccccc1-c1c2ccc(=O)cc-2oc2cc(O)ccc12. The van der Waals surface area contributed by atoms with Gasteiger partial charge < -0.3 is 50.7 Å². The number of carboxylic acid groups (broad SMARTS) is 1. The Morgan fingerprint density at radius 1 is 0.778 bits per heavy atom. The van der Waals surface area contributed by atoms with Gasteiger partial charge in [0.2, 0.25) is 11.8 Å². The summed E-state index contributed by atoms with van der Waals surface area (Å²) in [5, 5.41) is 35.8. The van der Waals surface area contributed by atoms with Gasteiger partial charge in [-0.25, -0.2) is 9.59 Å². The number of carboxylic acids is 1. The van der Waals surface area contributed by atoms with Crippen LogP contribution in [0, 0.1) is 0 Å². The zero-order valence-electron chi connectivity index (χ0n) is 36.2. The van der Waals surface area contributed by atoms with Crippen molar-refractivity contribution in [1.29, 1.82) is 0 Å². The molecule has 63 heavy (non-hydrogen) atoms. The van der Waals surface area contributed by atoms with E-state index in [9.17, 15) is 34.2 Å². The van der Waals surface area contributed by atoms with Crippen LogP contribution < -0.4 is 32.0 Å². The number of fused-ring (bicyclic) bond motifs is 3. The van der Waals surface area contributed by atoms with E-state index in [1.165, 1.54) is 50.1 Å². The van der Waals surface area contributed by atoms with E-state index in [-0.39, 0.29) is 34.6 Å². The van der Waals surface area contributed by atoms with Gasteiger partial charge in [-0.15, -0.1) is 0 Å². The fourth-order valence-electron chi connectivity index (χ4n) is 7.65. The minimum absolute atomic E-state index is 0.00270. The molecule has 1 aliphatic carbocycles. The molecule has 0 bridgehead atoms. The maximum Gasteiger partial charge on any atom is 0.336 e. The van der Waals surface area contributed by atoms with Gasteiger partial charge in [0.1, 0.15) is 17.1 Å². The number of benzene rings is 3. The van der Waals surface area contributed by atoms with Crippen LogP contribution in [-0.4, -0.2) is 110 Å². The highest BCUT2D eigenvalue weighted by atomic mass is 32.2. The minimum atomic E-state index is -1.04. The number of carbonyl (C=O) groups is 4. The monoisotopic (exact) mass is 889 g/mol. The van der Waals surface area contributed by atoms with Crippen molar-refractivity contribution >= 4 is 46.5 Å². The molecular formula is C47H63N5O10S. The average molecular weight is 890 g/mol. The van der Waals surface area contributed by atoms with Crippen molar-refractivity contribution in [2.24, 2.45) is 0 Å². The van der Waals surface area contributed by atoms with E-state index >= 15 is 0 Å². The summed E-state index contributed by atoms with van der Waals surface area (Å²) < 4.78 is 16.9. The fraction of sp³-hybridized carbons (Fsp3) is 0.511. The number of urea groups is 1. The molecule has 0 spiro atoms.